The third-order valence-electron chi connectivity index (χ3n) is 3.31. The predicted octanol–water partition coefficient (Wildman–Crippen LogP) is 3.10. The Kier molecular flexibility index (Phi) is 2.15. The molecular weight excluding hydrogens is 240 g/mol. The van der Waals surface area contributed by atoms with Crippen molar-refractivity contribution in [2.45, 2.75) is 25.8 Å². The van der Waals surface area contributed by atoms with Crippen LogP contribution in [-0.2, 0) is 0 Å². The first-order valence-electron chi connectivity index (χ1n) is 6.47. The molecule has 1 aromatic carbocycles. The molecule has 4 rings (SSSR count). The molecule has 2 heterocycles. The molecule has 5 nitrogen and oxygen atoms in total. The Morgan fingerprint density at radius 1 is 1.32 bits per heavy atom. The summed E-state index contributed by atoms with van der Waals surface area (Å²) in [4.78, 5) is 4.30. The standard InChI is InChI=1S/C14H14N4O/c1-8-15-11-5-2-9(6-13(11)19-8)12-7-14(18-17-12)16-10-3-4-10/h2,5-7,10H,3-4H2,1H3,(H2,16,17,18). The monoisotopic (exact) mass is 254 g/mol. The fourth-order valence-corrected chi connectivity index (χ4v) is 2.19. The van der Waals surface area contributed by atoms with Gasteiger partial charge < -0.3 is 9.73 Å². The molecule has 3 aromatic rings. The van der Waals surface area contributed by atoms with E-state index in [0.717, 1.165) is 28.2 Å². The number of hydrogen-bond donors (Lipinski definition) is 2. The second-order valence-electron chi connectivity index (χ2n) is 5.00. The topological polar surface area (TPSA) is 66.7 Å². The number of nitrogens with zero attached hydrogens (tertiary/aromatic N) is 2. The number of rotatable bonds is 3. The first-order valence-corrected chi connectivity index (χ1v) is 6.47. The molecular formula is C14H14N4O. The highest BCUT2D eigenvalue weighted by Gasteiger charge is 2.21. The van der Waals surface area contributed by atoms with Crippen LogP contribution in [0.25, 0.3) is 22.4 Å². The van der Waals surface area contributed by atoms with E-state index in [9.17, 15) is 0 Å². The molecule has 0 spiro atoms. The van der Waals surface area contributed by atoms with Crippen LogP contribution >= 0.6 is 0 Å². The maximum atomic E-state index is 5.55. The van der Waals surface area contributed by atoms with Crippen molar-refractivity contribution in [3.8, 4) is 11.3 Å². The second kappa shape index (κ2) is 3.85. The smallest absolute Gasteiger partial charge is 0.192 e. The van der Waals surface area contributed by atoms with Crippen LogP contribution in [0.4, 0.5) is 5.82 Å². The second-order valence-corrected chi connectivity index (χ2v) is 5.00. The molecule has 0 amide bonds. The van der Waals surface area contributed by atoms with E-state index < -0.39 is 0 Å². The summed E-state index contributed by atoms with van der Waals surface area (Å²) in [5.74, 6) is 1.60. The fourth-order valence-electron chi connectivity index (χ4n) is 2.19. The Morgan fingerprint density at radius 2 is 2.21 bits per heavy atom. The molecule has 2 aromatic heterocycles. The maximum absolute atomic E-state index is 5.55. The highest BCUT2D eigenvalue weighted by atomic mass is 16.3. The van der Waals surface area contributed by atoms with Gasteiger partial charge in [-0.1, -0.05) is 6.07 Å². The Balaban J connectivity index is 1.69. The molecule has 0 saturated heterocycles. The summed E-state index contributed by atoms with van der Waals surface area (Å²) in [6, 6.07) is 8.62. The number of benzene rings is 1. The van der Waals surface area contributed by atoms with Crippen molar-refractivity contribution in [2.75, 3.05) is 5.32 Å². The third kappa shape index (κ3) is 1.97. The normalized spacial score (nSPS) is 15.0. The highest BCUT2D eigenvalue weighted by Crippen LogP contribution is 2.27. The minimum absolute atomic E-state index is 0.607. The van der Waals surface area contributed by atoms with Crippen molar-refractivity contribution in [1.82, 2.24) is 15.2 Å². The first kappa shape index (κ1) is 10.6. The zero-order valence-electron chi connectivity index (χ0n) is 10.6. The molecule has 1 fully saturated rings. The van der Waals surface area contributed by atoms with Crippen LogP contribution in [0, 0.1) is 6.92 Å². The van der Waals surface area contributed by atoms with Gasteiger partial charge in [-0.2, -0.15) is 5.10 Å². The van der Waals surface area contributed by atoms with Crippen LogP contribution in [0.1, 0.15) is 18.7 Å². The summed E-state index contributed by atoms with van der Waals surface area (Å²) in [7, 11) is 0. The van der Waals surface area contributed by atoms with Crippen LogP contribution in [0.5, 0.6) is 0 Å². The molecule has 1 saturated carbocycles. The molecule has 2 N–H and O–H groups in total. The highest BCUT2D eigenvalue weighted by molar-refractivity contribution is 5.79. The van der Waals surface area contributed by atoms with E-state index in [1.807, 2.05) is 31.2 Å². The molecule has 0 aliphatic heterocycles. The van der Waals surface area contributed by atoms with E-state index in [1.54, 1.807) is 0 Å². The number of nitrogens with one attached hydrogen (secondary N) is 2. The maximum Gasteiger partial charge on any atom is 0.192 e. The molecule has 0 unspecified atom stereocenters. The lowest BCUT2D eigenvalue weighted by molar-refractivity contribution is 0.561. The molecule has 1 aliphatic rings. The van der Waals surface area contributed by atoms with Crippen molar-refractivity contribution >= 4 is 16.9 Å². The fraction of sp³-hybridized carbons (Fsp3) is 0.286. The molecule has 19 heavy (non-hydrogen) atoms. The molecule has 0 bridgehead atoms. The zero-order chi connectivity index (χ0) is 12.8. The molecule has 0 atom stereocenters. The van der Waals surface area contributed by atoms with Gasteiger partial charge in [0.2, 0.25) is 0 Å². The number of hydrogen-bond acceptors (Lipinski definition) is 4. The number of H-pyrrole nitrogens is 1. The van der Waals surface area contributed by atoms with Gasteiger partial charge in [0.1, 0.15) is 11.3 Å². The van der Waals surface area contributed by atoms with E-state index in [-0.39, 0.29) is 0 Å². The van der Waals surface area contributed by atoms with Crippen LogP contribution in [-0.4, -0.2) is 21.2 Å². The lowest BCUT2D eigenvalue weighted by Gasteiger charge is -1.96. The average molecular weight is 254 g/mol. The lowest BCUT2D eigenvalue weighted by atomic mass is 10.1. The van der Waals surface area contributed by atoms with Gasteiger partial charge in [-0.05, 0) is 25.0 Å². The Bertz CT molecular complexity index is 739. The lowest BCUT2D eigenvalue weighted by Crippen LogP contribution is -2.00. The summed E-state index contributed by atoms with van der Waals surface area (Å²) < 4.78 is 5.55. The van der Waals surface area contributed by atoms with Crippen molar-refractivity contribution in [2.24, 2.45) is 0 Å². The van der Waals surface area contributed by atoms with Gasteiger partial charge in [-0.3, -0.25) is 5.10 Å². The van der Waals surface area contributed by atoms with Crippen LogP contribution < -0.4 is 5.32 Å². The molecule has 0 radical (unpaired) electrons. The van der Waals surface area contributed by atoms with Crippen molar-refractivity contribution in [1.29, 1.82) is 0 Å². The van der Waals surface area contributed by atoms with Gasteiger partial charge in [0.05, 0.1) is 5.69 Å². The summed E-state index contributed by atoms with van der Waals surface area (Å²) >= 11 is 0. The van der Waals surface area contributed by atoms with Crippen LogP contribution in [0.2, 0.25) is 0 Å². The third-order valence-corrected chi connectivity index (χ3v) is 3.31. The van der Waals surface area contributed by atoms with Gasteiger partial charge in [0.15, 0.2) is 11.5 Å². The molecule has 5 heteroatoms. The van der Waals surface area contributed by atoms with Crippen molar-refractivity contribution in [3.63, 3.8) is 0 Å². The first-order chi connectivity index (χ1) is 9.28. The summed E-state index contributed by atoms with van der Waals surface area (Å²) in [5.41, 5.74) is 3.73. The van der Waals surface area contributed by atoms with Gasteiger partial charge in [0.25, 0.3) is 0 Å². The summed E-state index contributed by atoms with van der Waals surface area (Å²) in [6.45, 7) is 1.85. The molecule has 1 aliphatic carbocycles. The van der Waals surface area contributed by atoms with Crippen molar-refractivity contribution in [3.05, 3.63) is 30.2 Å². The van der Waals surface area contributed by atoms with Crippen molar-refractivity contribution < 1.29 is 4.42 Å². The Labute approximate surface area is 110 Å². The summed E-state index contributed by atoms with van der Waals surface area (Å²) in [6.07, 6.45) is 2.48. The number of aromatic amines is 1. The Hall–Kier alpha value is -2.30. The van der Waals surface area contributed by atoms with E-state index >= 15 is 0 Å². The van der Waals surface area contributed by atoms with E-state index in [4.69, 9.17) is 4.42 Å². The quantitative estimate of drug-likeness (QED) is 0.753. The van der Waals surface area contributed by atoms with Gasteiger partial charge in [-0.25, -0.2) is 4.98 Å². The van der Waals surface area contributed by atoms with Crippen LogP contribution in [0.3, 0.4) is 0 Å². The zero-order valence-corrected chi connectivity index (χ0v) is 10.6. The number of oxazole rings is 1. The van der Waals surface area contributed by atoms with Gasteiger partial charge in [-0.15, -0.1) is 0 Å². The largest absolute Gasteiger partial charge is 0.441 e. The summed E-state index contributed by atoms with van der Waals surface area (Å²) in [5, 5.41) is 10.7. The average Bonchev–Trinajstić information content (AvgIpc) is 2.94. The van der Waals surface area contributed by atoms with Crippen LogP contribution in [0.15, 0.2) is 28.7 Å². The van der Waals surface area contributed by atoms with E-state index in [1.165, 1.54) is 12.8 Å². The minimum atomic E-state index is 0.607. The number of aryl methyl sites for hydroxylation is 1. The SMILES string of the molecule is Cc1nc2ccc(-c3cc(NC4CC4)n[nH]3)cc2o1. The van der Waals surface area contributed by atoms with Gasteiger partial charge >= 0.3 is 0 Å². The minimum Gasteiger partial charge on any atom is -0.441 e. The number of aromatic nitrogens is 3. The predicted molar refractivity (Wildman–Crippen MR) is 73.0 cm³/mol. The van der Waals surface area contributed by atoms with Gasteiger partial charge in [0, 0.05) is 24.6 Å². The Morgan fingerprint density at radius 3 is 3.05 bits per heavy atom. The number of anilines is 1. The number of fused-ring (bicyclic) bond motifs is 1. The van der Waals surface area contributed by atoms with E-state index in [0.29, 0.717) is 11.9 Å². The van der Waals surface area contributed by atoms with E-state index in [2.05, 4.69) is 20.5 Å². The molecule has 96 valence electrons.